The van der Waals surface area contributed by atoms with E-state index >= 15 is 0 Å². The molecular formula is C17H27ClN2O2Si. The molecule has 0 fully saturated rings. The third kappa shape index (κ3) is 3.20. The van der Waals surface area contributed by atoms with E-state index in [-0.39, 0.29) is 11.0 Å². The van der Waals surface area contributed by atoms with Gasteiger partial charge < -0.3 is 9.63 Å². The molecule has 4 nitrogen and oxygen atoms in total. The highest BCUT2D eigenvalue weighted by Gasteiger charge is 2.44. The van der Waals surface area contributed by atoms with Crippen LogP contribution in [-0.2, 0) is 10.3 Å². The molecule has 1 atom stereocenters. The zero-order chi connectivity index (χ0) is 17.6. The quantitative estimate of drug-likeness (QED) is 0.623. The van der Waals surface area contributed by atoms with Gasteiger partial charge in [0.15, 0.2) is 11.6 Å². The average molecular weight is 355 g/mol. The predicted molar refractivity (Wildman–Crippen MR) is 98.1 cm³/mol. The molecule has 1 aromatic carbocycles. The molecule has 1 unspecified atom stereocenters. The van der Waals surface area contributed by atoms with Crippen molar-refractivity contribution in [2.75, 3.05) is 0 Å². The molecule has 1 heterocycles. The lowest BCUT2D eigenvalue weighted by atomic mass is 9.91. The number of fused-ring (bicyclic) bond motifs is 1. The Kier molecular flexibility index (Phi) is 4.72. The smallest absolute Gasteiger partial charge is 0.228 e. The number of hydroxylamine groups is 1. The Hall–Kier alpha value is -0.883. The Morgan fingerprint density at radius 1 is 1.30 bits per heavy atom. The first kappa shape index (κ1) is 18.5. The number of nitrogens with zero attached hydrogens (tertiary/aromatic N) is 1. The minimum Gasteiger partial charge on any atom is -0.365 e. The van der Waals surface area contributed by atoms with Gasteiger partial charge in [-0.15, -0.1) is 0 Å². The van der Waals surface area contributed by atoms with Crippen LogP contribution in [0.1, 0.15) is 45.7 Å². The summed E-state index contributed by atoms with van der Waals surface area (Å²) in [5.74, 6) is 0.442. The van der Waals surface area contributed by atoms with Crippen LogP contribution < -0.4 is 5.48 Å². The minimum absolute atomic E-state index is 0.0741. The highest BCUT2D eigenvalue weighted by molar-refractivity contribution is 6.74. The fourth-order valence-electron chi connectivity index (χ4n) is 2.21. The summed E-state index contributed by atoms with van der Waals surface area (Å²) >= 11 is 6.33. The van der Waals surface area contributed by atoms with Crippen LogP contribution in [0.2, 0.25) is 23.2 Å². The monoisotopic (exact) mass is 354 g/mol. The van der Waals surface area contributed by atoms with Crippen molar-refractivity contribution in [1.29, 1.82) is 0 Å². The van der Waals surface area contributed by atoms with E-state index < -0.39 is 14.0 Å². The third-order valence-corrected chi connectivity index (χ3v) is 9.47. The van der Waals surface area contributed by atoms with Gasteiger partial charge in [0, 0.05) is 22.1 Å². The second-order valence-electron chi connectivity index (χ2n) is 7.97. The van der Waals surface area contributed by atoms with Gasteiger partial charge in [0.25, 0.3) is 0 Å². The Bertz CT molecular complexity index is 638. The van der Waals surface area contributed by atoms with Crippen molar-refractivity contribution in [1.82, 2.24) is 5.48 Å². The summed E-state index contributed by atoms with van der Waals surface area (Å²) in [6, 6.07) is 5.54. The van der Waals surface area contributed by atoms with Crippen molar-refractivity contribution in [2.24, 2.45) is 10.9 Å². The van der Waals surface area contributed by atoms with E-state index in [0.29, 0.717) is 16.4 Å². The lowest BCUT2D eigenvalue weighted by molar-refractivity contribution is 0.00180. The fraction of sp³-hybridized carbons (Fsp3) is 0.588. The maximum atomic E-state index is 11.0. The van der Waals surface area contributed by atoms with Crippen LogP contribution in [0.25, 0.3) is 0 Å². The molecule has 0 aromatic heterocycles. The summed E-state index contributed by atoms with van der Waals surface area (Å²) in [5, 5.41) is 11.6. The van der Waals surface area contributed by atoms with E-state index in [0.717, 1.165) is 5.56 Å². The lowest BCUT2D eigenvalue weighted by Crippen LogP contribution is -2.46. The lowest BCUT2D eigenvalue weighted by Gasteiger charge is -2.35. The number of aliphatic hydroxyl groups is 1. The number of aliphatic imine (C=N–C) groups is 1. The fourth-order valence-corrected chi connectivity index (χ4v) is 3.18. The summed E-state index contributed by atoms with van der Waals surface area (Å²) < 4.78 is 6.05. The number of amidine groups is 1. The maximum absolute atomic E-state index is 11.0. The predicted octanol–water partition coefficient (Wildman–Crippen LogP) is 4.43. The zero-order valence-corrected chi connectivity index (χ0v) is 16.7. The first-order valence-corrected chi connectivity index (χ1v) is 11.2. The largest absolute Gasteiger partial charge is 0.365 e. The van der Waals surface area contributed by atoms with Gasteiger partial charge in [0.1, 0.15) is 0 Å². The average Bonchev–Trinajstić information content (AvgIpc) is 2.71. The van der Waals surface area contributed by atoms with Gasteiger partial charge in [-0.05, 0) is 24.2 Å². The summed E-state index contributed by atoms with van der Waals surface area (Å²) in [4.78, 5) is 4.51. The Labute approximate surface area is 145 Å². The van der Waals surface area contributed by atoms with E-state index in [1.54, 1.807) is 6.07 Å². The number of halogens is 1. The van der Waals surface area contributed by atoms with E-state index in [2.05, 4.69) is 44.3 Å². The van der Waals surface area contributed by atoms with Gasteiger partial charge in [-0.2, -0.15) is 0 Å². The molecule has 0 saturated heterocycles. The van der Waals surface area contributed by atoms with Crippen molar-refractivity contribution in [3.8, 4) is 0 Å². The first-order chi connectivity index (χ1) is 10.4. The molecular weight excluding hydrogens is 328 g/mol. The van der Waals surface area contributed by atoms with Crippen LogP contribution in [-0.4, -0.2) is 19.3 Å². The van der Waals surface area contributed by atoms with Crippen molar-refractivity contribution in [2.45, 2.75) is 58.5 Å². The second-order valence-corrected chi connectivity index (χ2v) is 13.1. The molecule has 2 rings (SSSR count). The normalized spacial score (nSPS) is 21.4. The van der Waals surface area contributed by atoms with E-state index in [9.17, 15) is 5.11 Å². The molecule has 23 heavy (non-hydrogen) atoms. The van der Waals surface area contributed by atoms with E-state index in [1.807, 2.05) is 26.0 Å². The summed E-state index contributed by atoms with van der Waals surface area (Å²) in [6.45, 7) is 14.7. The van der Waals surface area contributed by atoms with Crippen LogP contribution in [0.3, 0.4) is 0 Å². The summed E-state index contributed by atoms with van der Waals surface area (Å²) in [7, 11) is -1.99. The molecule has 0 saturated carbocycles. The molecule has 128 valence electrons. The number of hydrogen-bond donors (Lipinski definition) is 2. The van der Waals surface area contributed by atoms with Crippen LogP contribution in [0.5, 0.6) is 0 Å². The highest BCUT2D eigenvalue weighted by Crippen LogP contribution is 2.43. The van der Waals surface area contributed by atoms with Crippen molar-refractivity contribution in [3.63, 3.8) is 0 Å². The van der Waals surface area contributed by atoms with Gasteiger partial charge in [-0.25, -0.2) is 4.99 Å². The molecule has 2 N–H and O–H groups in total. The van der Waals surface area contributed by atoms with Crippen LogP contribution in [0.4, 0.5) is 0 Å². The van der Waals surface area contributed by atoms with Crippen molar-refractivity contribution in [3.05, 3.63) is 34.3 Å². The van der Waals surface area contributed by atoms with Crippen LogP contribution in [0.15, 0.2) is 23.2 Å². The van der Waals surface area contributed by atoms with Gasteiger partial charge >= 0.3 is 0 Å². The summed E-state index contributed by atoms with van der Waals surface area (Å²) in [6.07, 6.45) is 0. The number of benzene rings is 1. The van der Waals surface area contributed by atoms with Crippen molar-refractivity contribution >= 4 is 25.8 Å². The Morgan fingerprint density at radius 2 is 1.91 bits per heavy atom. The maximum Gasteiger partial charge on any atom is 0.228 e. The Morgan fingerprint density at radius 3 is 2.43 bits per heavy atom. The molecule has 0 aliphatic carbocycles. The topological polar surface area (TPSA) is 53.9 Å². The second kappa shape index (κ2) is 5.88. The highest BCUT2D eigenvalue weighted by atomic mass is 35.5. The molecule has 0 bridgehead atoms. The molecule has 1 aliphatic heterocycles. The summed E-state index contributed by atoms with van der Waals surface area (Å²) in [5.41, 5.74) is 3.14. The molecule has 0 radical (unpaired) electrons. The molecule has 1 aromatic rings. The number of nitrogens with one attached hydrogen (secondary N) is 1. The number of rotatable bonds is 3. The molecule has 1 aliphatic rings. The SMILES string of the molecule is CC(C)C1(O)N=C(NO[Si](C)(C)C(C)(C)C)c2cccc(Cl)c21. The van der Waals surface area contributed by atoms with Gasteiger partial charge in [0.2, 0.25) is 8.32 Å². The van der Waals surface area contributed by atoms with E-state index in [4.69, 9.17) is 16.1 Å². The van der Waals surface area contributed by atoms with Crippen LogP contribution in [0, 0.1) is 5.92 Å². The standard InChI is InChI=1S/C17H27ClN2O2Si/c1-11(2)17(21)14-12(9-8-10-13(14)18)15(19-17)20-22-23(6,7)16(3,4)5/h8-11,21H,1-7H3,(H,19,20). The first-order valence-electron chi connectivity index (χ1n) is 7.96. The minimum atomic E-state index is -1.99. The molecule has 0 spiro atoms. The van der Waals surface area contributed by atoms with E-state index in [1.165, 1.54) is 0 Å². The van der Waals surface area contributed by atoms with Gasteiger partial charge in [-0.3, -0.25) is 5.48 Å². The molecule has 0 amide bonds. The number of hydrogen-bond acceptors (Lipinski definition) is 4. The van der Waals surface area contributed by atoms with Gasteiger partial charge in [0.05, 0.1) is 0 Å². The Balaban J connectivity index is 2.37. The van der Waals surface area contributed by atoms with Gasteiger partial charge in [-0.1, -0.05) is 58.4 Å². The van der Waals surface area contributed by atoms with Crippen LogP contribution >= 0.6 is 11.6 Å². The zero-order valence-electron chi connectivity index (χ0n) is 15.0. The molecule has 6 heteroatoms. The third-order valence-electron chi connectivity index (χ3n) is 4.93. The van der Waals surface area contributed by atoms with Crippen molar-refractivity contribution < 1.29 is 9.63 Å².